The highest BCUT2D eigenvalue weighted by molar-refractivity contribution is 5.86. The monoisotopic (exact) mass is 279 g/mol. The maximum Gasteiger partial charge on any atom is 0.307 e. The van der Waals surface area contributed by atoms with Crippen LogP contribution in [0.25, 0.3) is 0 Å². The third-order valence-corrected chi connectivity index (χ3v) is 5.28. The van der Waals surface area contributed by atoms with E-state index in [0.29, 0.717) is 13.0 Å². The lowest BCUT2D eigenvalue weighted by atomic mass is 9.82. The molecule has 110 valence electrons. The van der Waals surface area contributed by atoms with Gasteiger partial charge >= 0.3 is 5.97 Å². The Balaban J connectivity index is 1.62. The molecule has 5 nitrogen and oxygen atoms in total. The maximum absolute atomic E-state index is 12.4. The first-order valence-electron chi connectivity index (χ1n) is 7.36. The molecule has 0 spiro atoms. The number of hydrogen-bond acceptors (Lipinski definition) is 3. The minimum Gasteiger partial charge on any atom is -0.481 e. The fourth-order valence-electron chi connectivity index (χ4n) is 3.84. The van der Waals surface area contributed by atoms with Gasteiger partial charge in [0, 0.05) is 13.2 Å². The molecular formula is C15H21NO4. The Morgan fingerprint density at radius 1 is 1.20 bits per heavy atom. The van der Waals surface area contributed by atoms with E-state index in [1.807, 2.05) is 12.2 Å². The van der Waals surface area contributed by atoms with Crippen LogP contribution in [0.3, 0.4) is 0 Å². The molecule has 0 heterocycles. The Labute approximate surface area is 118 Å². The van der Waals surface area contributed by atoms with Crippen LogP contribution < -0.4 is 5.32 Å². The Morgan fingerprint density at radius 2 is 1.85 bits per heavy atom. The third kappa shape index (κ3) is 2.24. The second kappa shape index (κ2) is 4.88. The van der Waals surface area contributed by atoms with E-state index in [2.05, 4.69) is 5.32 Å². The number of hydrogen-bond donors (Lipinski definition) is 3. The van der Waals surface area contributed by atoms with Gasteiger partial charge in [-0.1, -0.05) is 12.2 Å². The lowest BCUT2D eigenvalue weighted by Gasteiger charge is -2.25. The van der Waals surface area contributed by atoms with Gasteiger partial charge in [-0.2, -0.15) is 0 Å². The maximum atomic E-state index is 12.4. The van der Waals surface area contributed by atoms with Crippen LogP contribution in [-0.4, -0.2) is 35.2 Å². The molecule has 2 bridgehead atoms. The Bertz CT molecular complexity index is 455. The number of allylic oxidation sites excluding steroid dienone is 2. The minimum absolute atomic E-state index is 0.0144. The van der Waals surface area contributed by atoms with Crippen molar-refractivity contribution in [3.8, 4) is 0 Å². The molecule has 5 heteroatoms. The molecule has 3 rings (SSSR count). The summed E-state index contributed by atoms with van der Waals surface area (Å²) in [6.07, 6.45) is 7.51. The fourth-order valence-corrected chi connectivity index (χ4v) is 3.84. The largest absolute Gasteiger partial charge is 0.481 e. The van der Waals surface area contributed by atoms with Gasteiger partial charge in [-0.05, 0) is 42.9 Å². The van der Waals surface area contributed by atoms with Gasteiger partial charge in [-0.3, -0.25) is 9.59 Å². The van der Waals surface area contributed by atoms with Crippen LogP contribution in [0.4, 0.5) is 0 Å². The van der Waals surface area contributed by atoms with Crippen molar-refractivity contribution < 1.29 is 19.8 Å². The average Bonchev–Trinajstić information content (AvgIpc) is 2.87. The van der Waals surface area contributed by atoms with Gasteiger partial charge in [0.1, 0.15) is 0 Å². The molecule has 2 fully saturated rings. The molecule has 3 aliphatic carbocycles. The van der Waals surface area contributed by atoms with Crippen molar-refractivity contribution in [2.45, 2.75) is 25.7 Å². The number of aliphatic hydroxyl groups excluding tert-OH is 1. The van der Waals surface area contributed by atoms with Crippen molar-refractivity contribution in [3.63, 3.8) is 0 Å². The molecule has 2 saturated carbocycles. The Morgan fingerprint density at radius 3 is 2.40 bits per heavy atom. The zero-order chi connectivity index (χ0) is 14.3. The smallest absolute Gasteiger partial charge is 0.307 e. The fraction of sp³-hybridized carbons (Fsp3) is 0.733. The van der Waals surface area contributed by atoms with Crippen LogP contribution in [0, 0.1) is 29.1 Å². The number of nitrogens with one attached hydrogen (secondary N) is 1. The molecular weight excluding hydrogens is 258 g/mol. The molecule has 3 aliphatic rings. The normalized spacial score (nSPS) is 36.0. The van der Waals surface area contributed by atoms with Crippen LogP contribution in [0.5, 0.6) is 0 Å². The predicted octanol–water partition coefficient (Wildman–Crippen LogP) is 0.788. The van der Waals surface area contributed by atoms with Crippen LogP contribution in [0.1, 0.15) is 25.7 Å². The van der Waals surface area contributed by atoms with Crippen molar-refractivity contribution in [1.29, 1.82) is 0 Å². The zero-order valence-electron chi connectivity index (χ0n) is 11.4. The van der Waals surface area contributed by atoms with E-state index in [1.54, 1.807) is 0 Å². The number of aliphatic carboxylic acids is 1. The molecule has 0 aliphatic heterocycles. The van der Waals surface area contributed by atoms with Crippen LogP contribution in [-0.2, 0) is 9.59 Å². The van der Waals surface area contributed by atoms with Crippen molar-refractivity contribution >= 4 is 11.9 Å². The lowest BCUT2D eigenvalue weighted by Crippen LogP contribution is -2.42. The van der Waals surface area contributed by atoms with E-state index in [9.17, 15) is 14.7 Å². The zero-order valence-corrected chi connectivity index (χ0v) is 11.4. The highest BCUT2D eigenvalue weighted by Gasteiger charge is 2.52. The molecule has 3 N–H and O–H groups in total. The summed E-state index contributed by atoms with van der Waals surface area (Å²) < 4.78 is 0. The van der Waals surface area contributed by atoms with Crippen molar-refractivity contribution in [3.05, 3.63) is 12.2 Å². The summed E-state index contributed by atoms with van der Waals surface area (Å²) in [6, 6.07) is 0. The molecule has 0 saturated heterocycles. The SMILES string of the molecule is O=C(O)[C@@H]1C2C=CC(C2)[C@@H]1C(=O)NCC1(CCO)CC1. The van der Waals surface area contributed by atoms with Crippen LogP contribution in [0.2, 0.25) is 0 Å². The first-order chi connectivity index (χ1) is 9.56. The summed E-state index contributed by atoms with van der Waals surface area (Å²) in [5, 5.41) is 21.3. The van der Waals surface area contributed by atoms with E-state index in [-0.39, 0.29) is 29.8 Å². The van der Waals surface area contributed by atoms with Gasteiger partial charge in [0.25, 0.3) is 0 Å². The summed E-state index contributed by atoms with van der Waals surface area (Å²) >= 11 is 0. The topological polar surface area (TPSA) is 86.6 Å². The third-order valence-electron chi connectivity index (χ3n) is 5.28. The molecule has 0 radical (unpaired) electrons. The number of carboxylic acid groups (broad SMARTS) is 1. The highest BCUT2D eigenvalue weighted by atomic mass is 16.4. The molecule has 2 unspecified atom stereocenters. The van der Waals surface area contributed by atoms with E-state index in [1.165, 1.54) is 0 Å². The Kier molecular flexibility index (Phi) is 3.32. The summed E-state index contributed by atoms with van der Waals surface area (Å²) in [6.45, 7) is 0.709. The first kappa shape index (κ1) is 13.6. The standard InChI is InChI=1S/C15H21NO4/c17-6-5-15(3-4-15)8-16-13(18)11-9-1-2-10(7-9)12(11)14(19)20/h1-2,9-12,17H,3-8H2,(H,16,18)(H,19,20)/t9?,10?,11-,12+/m0/s1. The average molecular weight is 279 g/mol. The van der Waals surface area contributed by atoms with E-state index in [4.69, 9.17) is 5.11 Å². The molecule has 0 aromatic heterocycles. The van der Waals surface area contributed by atoms with Crippen molar-refractivity contribution in [1.82, 2.24) is 5.32 Å². The highest BCUT2D eigenvalue weighted by Crippen LogP contribution is 2.50. The number of fused-ring (bicyclic) bond motifs is 2. The predicted molar refractivity (Wildman–Crippen MR) is 71.7 cm³/mol. The van der Waals surface area contributed by atoms with E-state index in [0.717, 1.165) is 19.3 Å². The van der Waals surface area contributed by atoms with Gasteiger partial charge in [-0.15, -0.1) is 0 Å². The number of carbonyl (C=O) groups is 2. The van der Waals surface area contributed by atoms with E-state index < -0.39 is 17.8 Å². The Hall–Kier alpha value is -1.36. The second-order valence-electron chi connectivity index (χ2n) is 6.53. The number of carbonyl (C=O) groups excluding carboxylic acids is 1. The summed E-state index contributed by atoms with van der Waals surface area (Å²) in [5.41, 5.74) is 0.0661. The van der Waals surface area contributed by atoms with Crippen LogP contribution >= 0.6 is 0 Å². The summed E-state index contributed by atoms with van der Waals surface area (Å²) in [4.78, 5) is 23.7. The molecule has 0 aromatic rings. The van der Waals surface area contributed by atoms with Gasteiger partial charge in [-0.25, -0.2) is 0 Å². The first-order valence-corrected chi connectivity index (χ1v) is 7.36. The molecule has 1 amide bonds. The van der Waals surface area contributed by atoms with Crippen LogP contribution in [0.15, 0.2) is 12.2 Å². The number of aliphatic hydroxyl groups is 1. The molecule has 20 heavy (non-hydrogen) atoms. The number of amides is 1. The number of carboxylic acids is 1. The van der Waals surface area contributed by atoms with Crippen molar-refractivity contribution in [2.24, 2.45) is 29.1 Å². The molecule has 4 atom stereocenters. The lowest BCUT2D eigenvalue weighted by molar-refractivity contribution is -0.147. The quantitative estimate of drug-likeness (QED) is 0.627. The van der Waals surface area contributed by atoms with Gasteiger partial charge in [0.15, 0.2) is 0 Å². The summed E-state index contributed by atoms with van der Waals surface area (Å²) in [5.74, 6) is -1.89. The van der Waals surface area contributed by atoms with Gasteiger partial charge in [0.05, 0.1) is 11.8 Å². The van der Waals surface area contributed by atoms with Crippen molar-refractivity contribution in [2.75, 3.05) is 13.2 Å². The molecule has 0 aromatic carbocycles. The van der Waals surface area contributed by atoms with E-state index >= 15 is 0 Å². The second-order valence-corrected chi connectivity index (χ2v) is 6.53. The minimum atomic E-state index is -0.863. The summed E-state index contributed by atoms with van der Waals surface area (Å²) in [7, 11) is 0. The number of rotatable bonds is 6. The van der Waals surface area contributed by atoms with Gasteiger partial charge < -0.3 is 15.5 Å². The van der Waals surface area contributed by atoms with Gasteiger partial charge in [0.2, 0.25) is 5.91 Å².